The topological polar surface area (TPSA) is 96.0 Å². The highest BCUT2D eigenvalue weighted by Gasteiger charge is 2.31. The zero-order valence-corrected chi connectivity index (χ0v) is 17.3. The summed E-state index contributed by atoms with van der Waals surface area (Å²) in [6.45, 7) is -0.0856. The van der Waals surface area contributed by atoms with Crippen LogP contribution in [0.25, 0.3) is 10.9 Å². The largest absolute Gasteiger partial charge is 0.455 e. The number of benzene rings is 2. The summed E-state index contributed by atoms with van der Waals surface area (Å²) in [6.07, 6.45) is 3.04. The molecule has 4 aromatic rings. The van der Waals surface area contributed by atoms with Gasteiger partial charge >= 0.3 is 0 Å². The van der Waals surface area contributed by atoms with Gasteiger partial charge in [-0.3, -0.25) is 14.8 Å². The summed E-state index contributed by atoms with van der Waals surface area (Å²) in [5.74, 6) is 0.0473. The van der Waals surface area contributed by atoms with E-state index in [-0.39, 0.29) is 30.0 Å². The molecule has 0 fully saturated rings. The second kappa shape index (κ2) is 7.32. The van der Waals surface area contributed by atoms with Crippen molar-refractivity contribution in [2.24, 2.45) is 0 Å². The van der Waals surface area contributed by atoms with Gasteiger partial charge in [-0.05, 0) is 24.3 Å². The molecule has 0 unspecified atom stereocenters. The molecule has 1 amide bonds. The van der Waals surface area contributed by atoms with Crippen molar-refractivity contribution in [1.29, 1.82) is 0 Å². The fourth-order valence-electron chi connectivity index (χ4n) is 3.14. The number of aromatic amines is 1. The van der Waals surface area contributed by atoms with Crippen molar-refractivity contribution in [3.8, 4) is 5.88 Å². The van der Waals surface area contributed by atoms with Crippen LogP contribution in [0.5, 0.6) is 5.88 Å². The number of nitrogens with one attached hydrogen (secondary N) is 2. The van der Waals surface area contributed by atoms with E-state index < -0.39 is 0 Å². The van der Waals surface area contributed by atoms with Crippen molar-refractivity contribution in [3.63, 3.8) is 0 Å². The molecule has 11 heteroatoms. The van der Waals surface area contributed by atoms with E-state index in [1.54, 1.807) is 30.5 Å². The normalized spacial score (nSPS) is 13.3. The number of carbonyl (C=O) groups is 1. The first-order chi connectivity index (χ1) is 14.5. The van der Waals surface area contributed by atoms with Gasteiger partial charge in [0.2, 0.25) is 11.8 Å². The smallest absolute Gasteiger partial charge is 0.268 e. The fraction of sp³-hybridized carbons (Fsp3) is 0.0526. The van der Waals surface area contributed by atoms with Gasteiger partial charge in [0.15, 0.2) is 6.73 Å². The van der Waals surface area contributed by atoms with Crippen molar-refractivity contribution in [3.05, 3.63) is 63.4 Å². The molecule has 5 rings (SSSR count). The number of hydrogen-bond acceptors (Lipinski definition) is 6. The van der Waals surface area contributed by atoms with Crippen molar-refractivity contribution < 1.29 is 9.53 Å². The lowest BCUT2D eigenvalue weighted by atomic mass is 10.2. The number of carbonyl (C=O) groups excluding carboxylic acids is 1. The first kappa shape index (κ1) is 18.9. The highest BCUT2D eigenvalue weighted by Crippen LogP contribution is 2.37. The lowest BCUT2D eigenvalue weighted by Gasteiger charge is -2.29. The van der Waals surface area contributed by atoms with Gasteiger partial charge in [0.25, 0.3) is 5.91 Å². The summed E-state index contributed by atoms with van der Waals surface area (Å²) in [5.41, 5.74) is 2.00. The Labute approximate surface area is 184 Å². The number of hydrogen-bond donors (Lipinski definition) is 2. The molecule has 2 N–H and O–H groups in total. The molecule has 0 bridgehead atoms. The fourth-order valence-corrected chi connectivity index (χ4v) is 4.00. The van der Waals surface area contributed by atoms with E-state index in [0.717, 1.165) is 10.9 Å². The maximum atomic E-state index is 13.0. The molecule has 3 heterocycles. The van der Waals surface area contributed by atoms with Crippen LogP contribution in [-0.4, -0.2) is 32.8 Å². The first-order valence-corrected chi connectivity index (χ1v) is 9.80. The molecule has 1 aliphatic heterocycles. The molecule has 0 atom stereocenters. The number of amides is 1. The number of H-pyrrole nitrogens is 1. The van der Waals surface area contributed by atoms with E-state index in [1.165, 1.54) is 11.1 Å². The second-order valence-electron chi connectivity index (χ2n) is 6.40. The van der Waals surface area contributed by atoms with Gasteiger partial charge in [-0.25, -0.2) is 4.98 Å². The molecule has 30 heavy (non-hydrogen) atoms. The number of para-hydroxylation sites is 1. The Morgan fingerprint density at radius 1 is 1.10 bits per heavy atom. The van der Waals surface area contributed by atoms with Crippen LogP contribution in [0, 0.1) is 0 Å². The van der Waals surface area contributed by atoms with E-state index in [4.69, 9.17) is 39.5 Å². The minimum absolute atomic E-state index is 0.0856. The molecule has 0 saturated heterocycles. The van der Waals surface area contributed by atoms with E-state index in [1.807, 2.05) is 6.07 Å². The zero-order chi connectivity index (χ0) is 20.8. The van der Waals surface area contributed by atoms with Crippen molar-refractivity contribution in [1.82, 2.24) is 20.2 Å². The molecule has 0 spiro atoms. The standard InChI is InChI=1S/C19H11Cl3N6O2/c20-12-2-1-3-13(21)16(12)28-8-30-17-11(18(28)29)6-23-19(26-17)25-9-4-14(22)10-7-24-27-15(10)5-9/h1-7H,8H2,(H,24,27)(H,23,25,26). The van der Waals surface area contributed by atoms with Gasteiger partial charge in [-0.2, -0.15) is 10.1 Å². The molecular formula is C19H11Cl3N6O2. The number of halogens is 3. The van der Waals surface area contributed by atoms with Gasteiger partial charge in [0, 0.05) is 17.3 Å². The van der Waals surface area contributed by atoms with Crippen molar-refractivity contribution >= 4 is 68.9 Å². The monoisotopic (exact) mass is 460 g/mol. The Morgan fingerprint density at radius 3 is 2.70 bits per heavy atom. The Kier molecular flexibility index (Phi) is 4.62. The number of ether oxygens (including phenoxy) is 1. The maximum absolute atomic E-state index is 13.0. The maximum Gasteiger partial charge on any atom is 0.268 e. The molecule has 2 aromatic heterocycles. The summed E-state index contributed by atoms with van der Waals surface area (Å²) in [5, 5.41) is 11.9. The molecule has 0 radical (unpaired) electrons. The van der Waals surface area contributed by atoms with E-state index in [9.17, 15) is 4.79 Å². The van der Waals surface area contributed by atoms with Gasteiger partial charge in [0.05, 0.1) is 32.5 Å². The third-order valence-corrected chi connectivity index (χ3v) is 5.45. The van der Waals surface area contributed by atoms with Gasteiger partial charge in [-0.15, -0.1) is 0 Å². The Morgan fingerprint density at radius 2 is 1.90 bits per heavy atom. The average Bonchev–Trinajstić information content (AvgIpc) is 3.19. The molecule has 1 aliphatic rings. The minimum atomic E-state index is -0.361. The van der Waals surface area contributed by atoms with Crippen LogP contribution in [-0.2, 0) is 0 Å². The molecule has 2 aromatic carbocycles. The lowest BCUT2D eigenvalue weighted by Crippen LogP contribution is -2.39. The molecule has 8 nitrogen and oxygen atoms in total. The van der Waals surface area contributed by atoms with Gasteiger partial charge in [0.1, 0.15) is 5.56 Å². The summed E-state index contributed by atoms with van der Waals surface area (Å²) in [7, 11) is 0. The van der Waals surface area contributed by atoms with Crippen LogP contribution >= 0.6 is 34.8 Å². The van der Waals surface area contributed by atoms with E-state index in [0.29, 0.717) is 26.4 Å². The minimum Gasteiger partial charge on any atom is -0.455 e. The summed E-state index contributed by atoms with van der Waals surface area (Å²) >= 11 is 18.7. The number of aromatic nitrogens is 4. The average molecular weight is 462 g/mol. The number of anilines is 3. The van der Waals surface area contributed by atoms with E-state index in [2.05, 4.69) is 25.5 Å². The zero-order valence-electron chi connectivity index (χ0n) is 15.0. The third kappa shape index (κ3) is 3.19. The summed E-state index contributed by atoms with van der Waals surface area (Å²) < 4.78 is 5.69. The Bertz CT molecular complexity index is 1290. The van der Waals surface area contributed by atoms with Crippen LogP contribution in [0.15, 0.2) is 42.7 Å². The van der Waals surface area contributed by atoms with Crippen molar-refractivity contribution in [2.75, 3.05) is 16.9 Å². The Balaban J connectivity index is 1.44. The SMILES string of the molecule is O=C1c2cnc(Nc3cc(Cl)c4cn[nH]c4c3)nc2OCN1c1c(Cl)cccc1Cl. The molecule has 150 valence electrons. The van der Waals surface area contributed by atoms with Gasteiger partial charge < -0.3 is 10.1 Å². The predicted molar refractivity (Wildman–Crippen MR) is 115 cm³/mol. The molecular weight excluding hydrogens is 451 g/mol. The van der Waals surface area contributed by atoms with E-state index >= 15 is 0 Å². The Hall–Kier alpha value is -3.07. The quantitative estimate of drug-likeness (QED) is 0.443. The third-order valence-electron chi connectivity index (χ3n) is 4.53. The predicted octanol–water partition coefficient (Wildman–Crippen LogP) is 5.05. The molecule has 0 aliphatic carbocycles. The van der Waals surface area contributed by atoms with Crippen LogP contribution in [0.4, 0.5) is 17.3 Å². The lowest BCUT2D eigenvalue weighted by molar-refractivity contribution is 0.0932. The second-order valence-corrected chi connectivity index (χ2v) is 7.63. The first-order valence-electron chi connectivity index (χ1n) is 8.66. The van der Waals surface area contributed by atoms with Crippen molar-refractivity contribution in [2.45, 2.75) is 0 Å². The highest BCUT2D eigenvalue weighted by atomic mass is 35.5. The van der Waals surface area contributed by atoms with Gasteiger partial charge in [-0.1, -0.05) is 40.9 Å². The van der Waals surface area contributed by atoms with Crippen LogP contribution in [0.1, 0.15) is 10.4 Å². The van der Waals surface area contributed by atoms with Crippen LogP contribution in [0.2, 0.25) is 15.1 Å². The van der Waals surface area contributed by atoms with Crippen LogP contribution in [0.3, 0.4) is 0 Å². The van der Waals surface area contributed by atoms with Crippen LogP contribution < -0.4 is 15.0 Å². The number of nitrogens with zero attached hydrogens (tertiary/aromatic N) is 4. The number of rotatable bonds is 3. The molecule has 0 saturated carbocycles. The number of fused-ring (bicyclic) bond motifs is 2. The summed E-state index contributed by atoms with van der Waals surface area (Å²) in [6, 6.07) is 8.55. The highest BCUT2D eigenvalue weighted by molar-refractivity contribution is 6.40. The summed E-state index contributed by atoms with van der Waals surface area (Å²) in [4.78, 5) is 22.8.